The van der Waals surface area contributed by atoms with E-state index in [-0.39, 0.29) is 17.3 Å². The number of hydrogen-bond acceptors (Lipinski definition) is 5. The molecule has 0 fully saturated rings. The van der Waals surface area contributed by atoms with Gasteiger partial charge in [0, 0.05) is 19.2 Å². The number of unbranched alkanes of at least 4 members (excludes halogenated alkanes) is 1. The van der Waals surface area contributed by atoms with Crippen molar-refractivity contribution in [3.63, 3.8) is 0 Å². The zero-order valence-electron chi connectivity index (χ0n) is 10.1. The van der Waals surface area contributed by atoms with E-state index < -0.39 is 15.8 Å². The van der Waals surface area contributed by atoms with E-state index in [1.807, 2.05) is 0 Å². The maximum Gasteiger partial charge on any atom is 0.242 e. The molecule has 0 aliphatic rings. The summed E-state index contributed by atoms with van der Waals surface area (Å²) < 4.78 is 38.6. The number of halogens is 1. The van der Waals surface area contributed by atoms with Crippen LogP contribution >= 0.6 is 0 Å². The van der Waals surface area contributed by atoms with Crippen LogP contribution in [0.1, 0.15) is 19.3 Å². The van der Waals surface area contributed by atoms with Crippen LogP contribution in [-0.2, 0) is 10.0 Å². The molecular formula is C10H15FN4O3S. The van der Waals surface area contributed by atoms with Crippen molar-refractivity contribution in [2.75, 3.05) is 6.54 Å². The Balaban J connectivity index is 2.44. The summed E-state index contributed by atoms with van der Waals surface area (Å²) in [6.45, 7) is 0.178. The van der Waals surface area contributed by atoms with Gasteiger partial charge in [-0.25, -0.2) is 17.5 Å². The van der Waals surface area contributed by atoms with Gasteiger partial charge < -0.3 is 10.9 Å². The second-order valence-corrected chi connectivity index (χ2v) is 5.55. The van der Waals surface area contributed by atoms with E-state index in [4.69, 9.17) is 10.9 Å². The fourth-order valence-electron chi connectivity index (χ4n) is 1.31. The first-order valence-corrected chi connectivity index (χ1v) is 7.00. The highest BCUT2D eigenvalue weighted by atomic mass is 32.2. The van der Waals surface area contributed by atoms with Crippen molar-refractivity contribution in [1.29, 1.82) is 0 Å². The maximum atomic E-state index is 12.9. The number of oxime groups is 1. The van der Waals surface area contributed by atoms with Crippen LogP contribution < -0.4 is 10.5 Å². The zero-order chi connectivity index (χ0) is 14.3. The van der Waals surface area contributed by atoms with Crippen LogP contribution in [0, 0.1) is 5.82 Å². The molecule has 0 radical (unpaired) electrons. The molecule has 0 saturated carbocycles. The van der Waals surface area contributed by atoms with Crippen LogP contribution in [0.5, 0.6) is 0 Å². The highest BCUT2D eigenvalue weighted by Gasteiger charge is 2.14. The standard InChI is InChI=1S/C10H15FN4O3S/c11-8-5-9(7-13-6-8)19(17,18)14-4-2-1-3-10(12)15-16/h5-7,14,16H,1-4H2,(H2,12,15). The number of rotatable bonds is 7. The van der Waals surface area contributed by atoms with Crippen LogP contribution in [0.15, 0.2) is 28.5 Å². The summed E-state index contributed by atoms with van der Waals surface area (Å²) in [7, 11) is -3.75. The quantitative estimate of drug-likeness (QED) is 0.221. The lowest BCUT2D eigenvalue weighted by molar-refractivity contribution is 0.316. The monoisotopic (exact) mass is 290 g/mol. The predicted molar refractivity (Wildman–Crippen MR) is 66.6 cm³/mol. The van der Waals surface area contributed by atoms with Gasteiger partial charge in [0.1, 0.15) is 16.5 Å². The molecule has 9 heteroatoms. The van der Waals surface area contributed by atoms with Crippen molar-refractivity contribution in [2.24, 2.45) is 10.9 Å². The molecule has 1 rings (SSSR count). The van der Waals surface area contributed by atoms with Crippen molar-refractivity contribution in [1.82, 2.24) is 9.71 Å². The summed E-state index contributed by atoms with van der Waals surface area (Å²) in [6, 6.07) is 0.895. The molecular weight excluding hydrogens is 275 g/mol. The Kier molecular flexibility index (Phi) is 5.64. The average Bonchev–Trinajstić information content (AvgIpc) is 2.38. The largest absolute Gasteiger partial charge is 0.409 e. The Morgan fingerprint density at radius 3 is 2.84 bits per heavy atom. The molecule has 0 bridgehead atoms. The van der Waals surface area contributed by atoms with E-state index in [0.29, 0.717) is 19.3 Å². The molecule has 0 amide bonds. The van der Waals surface area contributed by atoms with Crippen molar-refractivity contribution in [3.05, 3.63) is 24.3 Å². The summed E-state index contributed by atoms with van der Waals surface area (Å²) in [5.41, 5.74) is 5.26. The molecule has 106 valence electrons. The Labute approximate surface area is 110 Å². The molecule has 0 aliphatic heterocycles. The third-order valence-corrected chi connectivity index (χ3v) is 3.70. The van der Waals surface area contributed by atoms with Crippen LogP contribution in [0.3, 0.4) is 0 Å². The summed E-state index contributed by atoms with van der Waals surface area (Å²) in [6.07, 6.45) is 3.45. The molecule has 1 aromatic rings. The second-order valence-electron chi connectivity index (χ2n) is 3.79. The van der Waals surface area contributed by atoms with Gasteiger partial charge >= 0.3 is 0 Å². The van der Waals surface area contributed by atoms with Gasteiger partial charge in [-0.1, -0.05) is 5.16 Å². The number of amidine groups is 1. The summed E-state index contributed by atoms with van der Waals surface area (Å²) >= 11 is 0. The minimum atomic E-state index is -3.75. The lowest BCUT2D eigenvalue weighted by Crippen LogP contribution is -2.25. The molecule has 19 heavy (non-hydrogen) atoms. The van der Waals surface area contributed by atoms with E-state index in [1.54, 1.807) is 0 Å². The summed E-state index contributed by atoms with van der Waals surface area (Å²) in [4.78, 5) is 3.26. The van der Waals surface area contributed by atoms with E-state index in [9.17, 15) is 12.8 Å². The molecule has 0 saturated heterocycles. The van der Waals surface area contributed by atoms with Gasteiger partial charge in [0.25, 0.3) is 0 Å². The molecule has 0 aromatic carbocycles. The van der Waals surface area contributed by atoms with Crippen LogP contribution in [0.4, 0.5) is 4.39 Å². The molecule has 4 N–H and O–H groups in total. The number of sulfonamides is 1. The van der Waals surface area contributed by atoms with Crippen molar-refractivity contribution >= 4 is 15.9 Å². The van der Waals surface area contributed by atoms with Crippen LogP contribution in [0.25, 0.3) is 0 Å². The third kappa shape index (κ3) is 5.18. The Bertz CT molecular complexity index is 547. The van der Waals surface area contributed by atoms with Crippen LogP contribution in [0.2, 0.25) is 0 Å². The number of aromatic nitrogens is 1. The minimum Gasteiger partial charge on any atom is -0.409 e. The first-order chi connectivity index (χ1) is 8.95. The van der Waals surface area contributed by atoms with Crippen molar-refractivity contribution < 1.29 is 18.0 Å². The van der Waals surface area contributed by atoms with E-state index in [2.05, 4.69) is 14.9 Å². The second kappa shape index (κ2) is 7.00. The van der Waals surface area contributed by atoms with Crippen LogP contribution in [-0.4, -0.2) is 31.0 Å². The first-order valence-electron chi connectivity index (χ1n) is 5.52. The SMILES string of the molecule is NC(CCCCNS(=O)(=O)c1cncc(F)c1)=NO. The van der Waals surface area contributed by atoms with Crippen molar-refractivity contribution in [2.45, 2.75) is 24.2 Å². The van der Waals surface area contributed by atoms with Gasteiger partial charge in [-0.15, -0.1) is 0 Å². The Hall–Kier alpha value is -1.74. The summed E-state index contributed by atoms with van der Waals surface area (Å²) in [5, 5.41) is 11.1. The van der Waals surface area contributed by atoms with Gasteiger partial charge in [-0.2, -0.15) is 0 Å². The minimum absolute atomic E-state index is 0.0946. The van der Waals surface area contributed by atoms with E-state index in [0.717, 1.165) is 18.5 Å². The normalized spacial score (nSPS) is 12.6. The molecule has 0 spiro atoms. The number of nitrogens with zero attached hydrogens (tertiary/aromatic N) is 2. The predicted octanol–water partition coefficient (Wildman–Crippen LogP) is 0.416. The molecule has 1 heterocycles. The lowest BCUT2D eigenvalue weighted by atomic mass is 10.2. The maximum absolute atomic E-state index is 12.9. The topological polar surface area (TPSA) is 118 Å². The average molecular weight is 290 g/mol. The fourth-order valence-corrected chi connectivity index (χ4v) is 2.36. The van der Waals surface area contributed by atoms with Crippen molar-refractivity contribution in [3.8, 4) is 0 Å². The lowest BCUT2D eigenvalue weighted by Gasteiger charge is -2.06. The first kappa shape index (κ1) is 15.3. The highest BCUT2D eigenvalue weighted by molar-refractivity contribution is 7.89. The molecule has 0 unspecified atom stereocenters. The number of hydrogen-bond donors (Lipinski definition) is 3. The molecule has 0 atom stereocenters. The molecule has 7 nitrogen and oxygen atoms in total. The smallest absolute Gasteiger partial charge is 0.242 e. The number of pyridine rings is 1. The zero-order valence-corrected chi connectivity index (χ0v) is 10.9. The molecule has 0 aliphatic carbocycles. The molecule has 1 aromatic heterocycles. The van der Waals surface area contributed by atoms with Gasteiger partial charge in [0.15, 0.2) is 0 Å². The van der Waals surface area contributed by atoms with E-state index in [1.165, 1.54) is 0 Å². The summed E-state index contributed by atoms with van der Waals surface area (Å²) in [5.74, 6) is -0.619. The highest BCUT2D eigenvalue weighted by Crippen LogP contribution is 2.08. The Morgan fingerprint density at radius 1 is 1.47 bits per heavy atom. The Morgan fingerprint density at radius 2 is 2.21 bits per heavy atom. The fraction of sp³-hybridized carbons (Fsp3) is 0.400. The van der Waals surface area contributed by atoms with Gasteiger partial charge in [0.05, 0.1) is 6.20 Å². The third-order valence-electron chi connectivity index (χ3n) is 2.27. The van der Waals surface area contributed by atoms with Gasteiger partial charge in [-0.3, -0.25) is 4.98 Å². The number of nitrogens with two attached hydrogens (primary N) is 1. The van der Waals surface area contributed by atoms with E-state index >= 15 is 0 Å². The van der Waals surface area contributed by atoms with Gasteiger partial charge in [-0.05, 0) is 18.9 Å². The van der Waals surface area contributed by atoms with Gasteiger partial charge in [0.2, 0.25) is 10.0 Å². The number of nitrogens with one attached hydrogen (secondary N) is 1.